The number of nitrogens with zero attached hydrogens (tertiary/aromatic N) is 1. The Hall–Kier alpha value is -1.10. The molecular weight excluding hydrogens is 394 g/mol. The van der Waals surface area contributed by atoms with E-state index in [1.165, 1.54) is 50.5 Å². The van der Waals surface area contributed by atoms with E-state index in [4.69, 9.17) is 17.3 Å². The standard InChI is InChI=1S/C25H36ClN3O/c26-23-4-3-17(5-7-29-6-1-2-21(27)15-29)11-22(23)24(30)28-16-25-12-18-8-19(13-25)10-20(9-18)14-25/h3-4,11,18-21H,1-2,5-10,12-16,27H2,(H,28,30). The molecule has 1 heterocycles. The molecular formula is C25H36ClN3O. The molecule has 0 radical (unpaired) electrons. The smallest absolute Gasteiger partial charge is 0.252 e. The Bertz CT molecular complexity index is 759. The molecule has 5 heteroatoms. The van der Waals surface area contributed by atoms with Crippen LogP contribution >= 0.6 is 11.6 Å². The quantitative estimate of drug-likeness (QED) is 0.710. The number of nitrogens with one attached hydrogen (secondary N) is 1. The molecule has 1 aromatic rings. The highest BCUT2D eigenvalue weighted by molar-refractivity contribution is 6.33. The Morgan fingerprint density at radius 3 is 2.53 bits per heavy atom. The monoisotopic (exact) mass is 429 g/mol. The van der Waals surface area contributed by atoms with Crippen molar-refractivity contribution in [1.82, 2.24) is 10.2 Å². The molecule has 3 N–H and O–H groups in total. The highest BCUT2D eigenvalue weighted by Gasteiger charge is 2.50. The van der Waals surface area contributed by atoms with Gasteiger partial charge in [0.25, 0.3) is 5.91 Å². The summed E-state index contributed by atoms with van der Waals surface area (Å²) in [6.45, 7) is 3.91. The Kier molecular flexibility index (Phi) is 5.85. The van der Waals surface area contributed by atoms with E-state index in [1.54, 1.807) is 0 Å². The molecule has 1 aromatic carbocycles. The molecule has 30 heavy (non-hydrogen) atoms. The molecule has 1 saturated heterocycles. The molecule has 5 fully saturated rings. The minimum atomic E-state index is -0.00223. The fourth-order valence-corrected chi connectivity index (χ4v) is 7.56. The molecule has 6 rings (SSSR count). The lowest BCUT2D eigenvalue weighted by Crippen LogP contribution is -2.51. The fourth-order valence-electron chi connectivity index (χ4n) is 7.35. The van der Waals surface area contributed by atoms with Crippen molar-refractivity contribution in [3.63, 3.8) is 0 Å². The second kappa shape index (κ2) is 8.44. The molecule has 1 atom stereocenters. The maximum absolute atomic E-state index is 13.0. The van der Waals surface area contributed by atoms with Crippen LogP contribution in [0.2, 0.25) is 5.02 Å². The predicted molar refractivity (Wildman–Crippen MR) is 122 cm³/mol. The SMILES string of the molecule is NC1CCCN(CCc2ccc(Cl)c(C(=O)NCC34CC5CC(CC(C5)C3)C4)c2)C1. The van der Waals surface area contributed by atoms with Crippen molar-refractivity contribution in [3.8, 4) is 0 Å². The first kappa shape index (κ1) is 20.8. The van der Waals surface area contributed by atoms with Gasteiger partial charge in [-0.2, -0.15) is 0 Å². The van der Waals surface area contributed by atoms with Crippen LogP contribution in [0, 0.1) is 23.2 Å². The first-order chi connectivity index (χ1) is 14.5. The van der Waals surface area contributed by atoms with Gasteiger partial charge in [-0.3, -0.25) is 4.79 Å². The van der Waals surface area contributed by atoms with E-state index in [0.717, 1.165) is 56.8 Å². The summed E-state index contributed by atoms with van der Waals surface area (Å²) in [6, 6.07) is 6.25. The fraction of sp³-hybridized carbons (Fsp3) is 0.720. The van der Waals surface area contributed by atoms with Crippen molar-refractivity contribution in [2.45, 2.75) is 63.8 Å². The van der Waals surface area contributed by atoms with Crippen molar-refractivity contribution >= 4 is 17.5 Å². The first-order valence-electron chi connectivity index (χ1n) is 12.0. The van der Waals surface area contributed by atoms with Crippen molar-refractivity contribution in [3.05, 3.63) is 34.3 Å². The number of piperidine rings is 1. The first-order valence-corrected chi connectivity index (χ1v) is 12.4. The van der Waals surface area contributed by atoms with Crippen LogP contribution in [-0.2, 0) is 6.42 Å². The molecule has 1 aliphatic heterocycles. The highest BCUT2D eigenvalue weighted by Crippen LogP contribution is 2.59. The minimum Gasteiger partial charge on any atom is -0.351 e. The summed E-state index contributed by atoms with van der Waals surface area (Å²) < 4.78 is 0. The Morgan fingerprint density at radius 1 is 1.17 bits per heavy atom. The van der Waals surface area contributed by atoms with E-state index in [0.29, 0.717) is 22.0 Å². The number of carbonyl (C=O) groups excluding carboxylic acids is 1. The molecule has 5 aliphatic rings. The third-order valence-electron chi connectivity index (χ3n) is 8.32. The molecule has 4 nitrogen and oxygen atoms in total. The third kappa shape index (κ3) is 4.42. The van der Waals surface area contributed by atoms with Crippen LogP contribution < -0.4 is 11.1 Å². The Labute approximate surface area is 185 Å². The number of hydrogen-bond acceptors (Lipinski definition) is 3. The lowest BCUT2D eigenvalue weighted by Gasteiger charge is -2.56. The van der Waals surface area contributed by atoms with E-state index >= 15 is 0 Å². The van der Waals surface area contributed by atoms with E-state index in [1.807, 2.05) is 12.1 Å². The summed E-state index contributed by atoms with van der Waals surface area (Å²) in [6.07, 6.45) is 11.5. The number of amides is 1. The summed E-state index contributed by atoms with van der Waals surface area (Å²) in [4.78, 5) is 15.5. The van der Waals surface area contributed by atoms with Gasteiger partial charge in [0.05, 0.1) is 10.6 Å². The van der Waals surface area contributed by atoms with Gasteiger partial charge in [-0.15, -0.1) is 0 Å². The Morgan fingerprint density at radius 2 is 1.87 bits per heavy atom. The molecule has 1 amide bonds. The summed E-state index contributed by atoms with van der Waals surface area (Å²) >= 11 is 6.43. The zero-order valence-corrected chi connectivity index (χ0v) is 18.8. The minimum absolute atomic E-state index is 0.00223. The van der Waals surface area contributed by atoms with Gasteiger partial charge in [0, 0.05) is 25.7 Å². The normalized spacial score (nSPS) is 35.5. The van der Waals surface area contributed by atoms with Crippen LogP contribution in [0.5, 0.6) is 0 Å². The third-order valence-corrected chi connectivity index (χ3v) is 8.65. The number of carbonyl (C=O) groups is 1. The van der Waals surface area contributed by atoms with Gasteiger partial charge in [0.15, 0.2) is 0 Å². The number of rotatable bonds is 6. The van der Waals surface area contributed by atoms with Crippen molar-refractivity contribution < 1.29 is 4.79 Å². The molecule has 4 bridgehead atoms. The summed E-state index contributed by atoms with van der Waals surface area (Å²) in [5, 5.41) is 3.84. The number of halogens is 1. The van der Waals surface area contributed by atoms with Crippen molar-refractivity contribution in [2.75, 3.05) is 26.2 Å². The molecule has 0 spiro atoms. The van der Waals surface area contributed by atoms with Gasteiger partial charge >= 0.3 is 0 Å². The number of nitrogens with two attached hydrogens (primary N) is 1. The summed E-state index contributed by atoms with van der Waals surface area (Å²) in [5.41, 5.74) is 8.27. The van der Waals surface area contributed by atoms with Gasteiger partial charge in [-0.1, -0.05) is 17.7 Å². The topological polar surface area (TPSA) is 58.4 Å². The largest absolute Gasteiger partial charge is 0.351 e. The molecule has 164 valence electrons. The lowest BCUT2D eigenvalue weighted by atomic mass is 9.49. The lowest BCUT2D eigenvalue weighted by molar-refractivity contribution is -0.0503. The molecule has 0 aromatic heterocycles. The predicted octanol–water partition coefficient (Wildman–Crippen LogP) is 4.25. The van der Waals surface area contributed by atoms with E-state index in [9.17, 15) is 4.79 Å². The maximum atomic E-state index is 13.0. The number of benzene rings is 1. The second-order valence-electron chi connectivity index (χ2n) is 10.9. The zero-order valence-electron chi connectivity index (χ0n) is 18.0. The highest BCUT2D eigenvalue weighted by atomic mass is 35.5. The zero-order chi connectivity index (χ0) is 20.7. The van der Waals surface area contributed by atoms with E-state index in [-0.39, 0.29) is 5.91 Å². The number of likely N-dealkylation sites (tertiary alicyclic amines) is 1. The van der Waals surface area contributed by atoms with E-state index < -0.39 is 0 Å². The van der Waals surface area contributed by atoms with Crippen LogP contribution in [0.3, 0.4) is 0 Å². The Balaban J connectivity index is 1.20. The van der Waals surface area contributed by atoms with Gasteiger partial charge in [0.2, 0.25) is 0 Å². The van der Waals surface area contributed by atoms with E-state index in [2.05, 4.69) is 16.3 Å². The van der Waals surface area contributed by atoms with Crippen LogP contribution in [0.4, 0.5) is 0 Å². The van der Waals surface area contributed by atoms with Gasteiger partial charge in [-0.25, -0.2) is 0 Å². The average molecular weight is 430 g/mol. The van der Waals surface area contributed by atoms with Gasteiger partial charge < -0.3 is 16.0 Å². The second-order valence-corrected chi connectivity index (χ2v) is 11.3. The van der Waals surface area contributed by atoms with Gasteiger partial charge in [-0.05, 0) is 105 Å². The van der Waals surface area contributed by atoms with Crippen molar-refractivity contribution in [2.24, 2.45) is 28.9 Å². The van der Waals surface area contributed by atoms with Crippen LogP contribution in [0.25, 0.3) is 0 Å². The van der Waals surface area contributed by atoms with Crippen LogP contribution in [0.15, 0.2) is 18.2 Å². The van der Waals surface area contributed by atoms with Gasteiger partial charge in [0.1, 0.15) is 0 Å². The summed E-state index contributed by atoms with van der Waals surface area (Å²) in [7, 11) is 0. The molecule has 4 saturated carbocycles. The maximum Gasteiger partial charge on any atom is 0.252 e. The number of hydrogen-bond donors (Lipinski definition) is 2. The molecule has 4 aliphatic carbocycles. The van der Waals surface area contributed by atoms with Crippen LogP contribution in [0.1, 0.15) is 67.3 Å². The van der Waals surface area contributed by atoms with Crippen molar-refractivity contribution in [1.29, 1.82) is 0 Å². The average Bonchev–Trinajstić information content (AvgIpc) is 2.70. The van der Waals surface area contributed by atoms with Crippen LogP contribution in [-0.4, -0.2) is 43.0 Å². The summed E-state index contributed by atoms with van der Waals surface area (Å²) in [5.74, 6) is 2.71. The molecule has 1 unspecified atom stereocenters.